The largest absolute Gasteiger partial charge is 0.481 e. The van der Waals surface area contributed by atoms with Crippen LogP contribution in [-0.2, 0) is 4.79 Å². The Labute approximate surface area is 88.2 Å². The normalized spacial score (nSPS) is 12.6. The molecular weight excluding hydrogens is 188 g/mol. The van der Waals surface area contributed by atoms with Gasteiger partial charge in [-0.2, -0.15) is 0 Å². The predicted octanol–water partition coefficient (Wildman–Crippen LogP) is 2.83. The molecule has 1 radical (unpaired) electrons. The first-order chi connectivity index (χ1) is 7.20. The van der Waals surface area contributed by atoms with Crippen LogP contribution in [0.4, 0.5) is 0 Å². The lowest BCUT2D eigenvalue weighted by atomic mass is 9.95. The van der Waals surface area contributed by atoms with Crippen LogP contribution in [0.1, 0.15) is 18.4 Å². The molecular formula is C13H11O2. The quantitative estimate of drug-likeness (QED) is 0.807. The van der Waals surface area contributed by atoms with Crippen molar-refractivity contribution in [3.63, 3.8) is 0 Å². The second kappa shape index (κ2) is 3.73. The molecule has 75 valence electrons. The summed E-state index contributed by atoms with van der Waals surface area (Å²) < 4.78 is 0. The van der Waals surface area contributed by atoms with Gasteiger partial charge >= 0.3 is 5.97 Å². The molecule has 0 saturated heterocycles. The number of carboxylic acids is 1. The summed E-state index contributed by atoms with van der Waals surface area (Å²) in [6.07, 6.45) is 0. The van der Waals surface area contributed by atoms with E-state index in [2.05, 4.69) is 6.07 Å². The average molecular weight is 199 g/mol. The molecule has 15 heavy (non-hydrogen) atoms. The molecule has 2 aromatic rings. The third-order valence-electron chi connectivity index (χ3n) is 2.57. The van der Waals surface area contributed by atoms with E-state index >= 15 is 0 Å². The third-order valence-corrected chi connectivity index (χ3v) is 2.57. The van der Waals surface area contributed by atoms with Crippen LogP contribution in [-0.4, -0.2) is 11.1 Å². The van der Waals surface area contributed by atoms with Crippen LogP contribution in [0.2, 0.25) is 0 Å². The predicted molar refractivity (Wildman–Crippen MR) is 58.8 cm³/mol. The minimum atomic E-state index is -0.800. The Kier molecular flexibility index (Phi) is 2.42. The Morgan fingerprint density at radius 2 is 2.13 bits per heavy atom. The van der Waals surface area contributed by atoms with Gasteiger partial charge in [-0.1, -0.05) is 36.4 Å². The molecule has 1 unspecified atom stereocenters. The molecule has 0 heterocycles. The smallest absolute Gasteiger partial charge is 0.310 e. The highest BCUT2D eigenvalue weighted by Gasteiger charge is 2.15. The van der Waals surface area contributed by atoms with Crippen molar-refractivity contribution in [3.8, 4) is 0 Å². The van der Waals surface area contributed by atoms with E-state index in [0.717, 1.165) is 16.3 Å². The van der Waals surface area contributed by atoms with Crippen molar-refractivity contribution < 1.29 is 9.90 Å². The lowest BCUT2D eigenvalue weighted by molar-refractivity contribution is -0.138. The summed E-state index contributed by atoms with van der Waals surface area (Å²) in [6.45, 7) is 1.70. The number of carbonyl (C=O) groups is 1. The van der Waals surface area contributed by atoms with Crippen LogP contribution in [0.3, 0.4) is 0 Å². The number of carboxylic acid groups (broad SMARTS) is 1. The molecule has 0 aliphatic heterocycles. The van der Waals surface area contributed by atoms with Crippen molar-refractivity contribution in [1.29, 1.82) is 0 Å². The van der Waals surface area contributed by atoms with Gasteiger partial charge in [0.15, 0.2) is 0 Å². The van der Waals surface area contributed by atoms with Crippen LogP contribution < -0.4 is 0 Å². The summed E-state index contributed by atoms with van der Waals surface area (Å²) in [6, 6.07) is 14.4. The lowest BCUT2D eigenvalue weighted by Crippen LogP contribution is -2.07. The maximum absolute atomic E-state index is 10.9. The molecule has 0 aliphatic rings. The number of hydrogen-bond acceptors (Lipinski definition) is 1. The maximum Gasteiger partial charge on any atom is 0.310 e. The van der Waals surface area contributed by atoms with Crippen LogP contribution >= 0.6 is 0 Å². The summed E-state index contributed by atoms with van der Waals surface area (Å²) in [5.74, 6) is -1.28. The number of hydrogen-bond donors (Lipinski definition) is 1. The fourth-order valence-electron chi connectivity index (χ4n) is 1.69. The van der Waals surface area contributed by atoms with E-state index in [9.17, 15) is 4.79 Å². The van der Waals surface area contributed by atoms with Crippen LogP contribution in [0.25, 0.3) is 10.8 Å². The first-order valence-electron chi connectivity index (χ1n) is 4.82. The minimum absolute atomic E-state index is 0.482. The molecule has 0 aliphatic carbocycles. The maximum atomic E-state index is 10.9. The molecule has 0 bridgehead atoms. The molecule has 0 amide bonds. The van der Waals surface area contributed by atoms with Crippen molar-refractivity contribution in [2.24, 2.45) is 0 Å². The molecule has 0 saturated carbocycles. The minimum Gasteiger partial charge on any atom is -0.481 e. The third kappa shape index (κ3) is 1.71. The fourth-order valence-corrected chi connectivity index (χ4v) is 1.69. The van der Waals surface area contributed by atoms with E-state index in [1.54, 1.807) is 6.92 Å². The molecule has 2 rings (SSSR count). The molecule has 1 atom stereocenters. The standard InChI is InChI=1S/C13H11O2/c1-9(13(14)15)11-8-4-6-10-5-2-3-7-12(10)11/h2-4,6-9H,1H3,(H,14,15). The number of rotatable bonds is 2. The first-order valence-corrected chi connectivity index (χ1v) is 4.82. The van der Waals surface area contributed by atoms with Gasteiger partial charge in [0.1, 0.15) is 0 Å². The van der Waals surface area contributed by atoms with Crippen molar-refractivity contribution in [2.75, 3.05) is 0 Å². The van der Waals surface area contributed by atoms with Crippen LogP contribution in [0, 0.1) is 6.07 Å². The number of aliphatic carboxylic acids is 1. The Hall–Kier alpha value is -1.83. The zero-order valence-corrected chi connectivity index (χ0v) is 8.40. The Morgan fingerprint density at radius 3 is 2.87 bits per heavy atom. The lowest BCUT2D eigenvalue weighted by Gasteiger charge is -2.09. The second-order valence-corrected chi connectivity index (χ2v) is 3.54. The Morgan fingerprint density at radius 1 is 1.33 bits per heavy atom. The van der Waals surface area contributed by atoms with Crippen molar-refractivity contribution >= 4 is 16.7 Å². The van der Waals surface area contributed by atoms with E-state index in [0.29, 0.717) is 0 Å². The molecule has 2 nitrogen and oxygen atoms in total. The van der Waals surface area contributed by atoms with Gasteiger partial charge in [0, 0.05) is 0 Å². The zero-order valence-electron chi connectivity index (χ0n) is 8.40. The average Bonchev–Trinajstić information content (AvgIpc) is 2.27. The van der Waals surface area contributed by atoms with Crippen molar-refractivity contribution in [1.82, 2.24) is 0 Å². The van der Waals surface area contributed by atoms with Gasteiger partial charge in [-0.15, -0.1) is 0 Å². The summed E-state index contributed by atoms with van der Waals surface area (Å²) in [4.78, 5) is 10.9. The first kappa shape index (κ1) is 9.71. The van der Waals surface area contributed by atoms with Crippen molar-refractivity contribution in [3.05, 3.63) is 48.0 Å². The zero-order chi connectivity index (χ0) is 10.8. The highest BCUT2D eigenvalue weighted by atomic mass is 16.4. The topological polar surface area (TPSA) is 37.3 Å². The van der Waals surface area contributed by atoms with Crippen LogP contribution in [0.15, 0.2) is 36.4 Å². The highest BCUT2D eigenvalue weighted by molar-refractivity contribution is 5.90. The van der Waals surface area contributed by atoms with Gasteiger partial charge in [-0.3, -0.25) is 4.79 Å². The van der Waals surface area contributed by atoms with Gasteiger partial charge in [-0.25, -0.2) is 0 Å². The summed E-state index contributed by atoms with van der Waals surface area (Å²) in [7, 11) is 0. The van der Waals surface area contributed by atoms with Gasteiger partial charge in [-0.05, 0) is 29.3 Å². The van der Waals surface area contributed by atoms with Crippen LogP contribution in [0.5, 0.6) is 0 Å². The van der Waals surface area contributed by atoms with E-state index in [4.69, 9.17) is 5.11 Å². The number of benzene rings is 2. The SMILES string of the molecule is CC(C(=O)O)c1cccc2[c]cccc12. The molecule has 2 aromatic carbocycles. The van der Waals surface area contributed by atoms with Gasteiger partial charge in [0.25, 0.3) is 0 Å². The summed E-state index contributed by atoms with van der Waals surface area (Å²) in [5, 5.41) is 10.9. The van der Waals surface area contributed by atoms with Gasteiger partial charge in [0.2, 0.25) is 0 Å². The second-order valence-electron chi connectivity index (χ2n) is 3.54. The summed E-state index contributed by atoms with van der Waals surface area (Å²) >= 11 is 0. The highest BCUT2D eigenvalue weighted by Crippen LogP contribution is 2.25. The van der Waals surface area contributed by atoms with E-state index < -0.39 is 11.9 Å². The van der Waals surface area contributed by atoms with E-state index in [-0.39, 0.29) is 0 Å². The molecule has 2 heteroatoms. The monoisotopic (exact) mass is 199 g/mol. The number of fused-ring (bicyclic) bond motifs is 1. The molecule has 0 spiro atoms. The molecule has 1 N–H and O–H groups in total. The van der Waals surface area contributed by atoms with Gasteiger partial charge < -0.3 is 5.11 Å². The Balaban J connectivity index is 2.65. The van der Waals surface area contributed by atoms with Crippen molar-refractivity contribution in [2.45, 2.75) is 12.8 Å². The Bertz CT molecular complexity index is 497. The van der Waals surface area contributed by atoms with E-state index in [1.807, 2.05) is 36.4 Å². The van der Waals surface area contributed by atoms with Gasteiger partial charge in [0.05, 0.1) is 5.92 Å². The fraction of sp³-hybridized carbons (Fsp3) is 0.154. The van der Waals surface area contributed by atoms with E-state index in [1.165, 1.54) is 0 Å². The molecule has 0 aromatic heterocycles. The summed E-state index contributed by atoms with van der Waals surface area (Å²) in [5.41, 5.74) is 0.844. The molecule has 0 fully saturated rings.